The Morgan fingerprint density at radius 2 is 1.92 bits per heavy atom. The van der Waals surface area contributed by atoms with E-state index >= 15 is 0 Å². The largest absolute Gasteiger partial charge is 0.348 e. The molecule has 2 aliphatic heterocycles. The van der Waals surface area contributed by atoms with Crippen molar-refractivity contribution in [3.63, 3.8) is 0 Å². The van der Waals surface area contributed by atoms with Crippen molar-refractivity contribution in [1.29, 1.82) is 0 Å². The number of amides is 3. The number of likely N-dealkylation sites (tertiary alicyclic amines) is 1. The lowest BCUT2D eigenvalue weighted by molar-refractivity contribution is -0.133. The predicted molar refractivity (Wildman–Crippen MR) is 143 cm³/mol. The Hall–Kier alpha value is -3.39. The monoisotopic (exact) mass is 548 g/mol. The Bertz CT molecular complexity index is 1400. The minimum absolute atomic E-state index is 0.0265. The van der Waals surface area contributed by atoms with E-state index in [0.717, 1.165) is 27.4 Å². The van der Waals surface area contributed by atoms with Crippen LogP contribution < -0.4 is 5.32 Å². The third-order valence-corrected chi connectivity index (χ3v) is 7.65. The maximum Gasteiger partial charge on any atom is 0.256 e. The Kier molecular flexibility index (Phi) is 6.47. The molecule has 1 aromatic heterocycles. The molecule has 1 fully saturated rings. The molecule has 0 radical (unpaired) electrons. The van der Waals surface area contributed by atoms with Gasteiger partial charge < -0.3 is 19.7 Å². The Morgan fingerprint density at radius 3 is 2.67 bits per heavy atom. The number of carbonyl (C=O) groups is 3. The summed E-state index contributed by atoms with van der Waals surface area (Å²) in [6.07, 6.45) is 3.93. The molecule has 8 heteroatoms. The first-order chi connectivity index (χ1) is 17.2. The summed E-state index contributed by atoms with van der Waals surface area (Å²) in [5, 5.41) is 3.83. The first-order valence-electron chi connectivity index (χ1n) is 12.1. The highest BCUT2D eigenvalue weighted by atomic mass is 79.9. The van der Waals surface area contributed by atoms with Crippen LogP contribution in [0.3, 0.4) is 0 Å². The molecule has 5 rings (SSSR count). The van der Waals surface area contributed by atoms with Crippen LogP contribution in [0.15, 0.2) is 53.7 Å². The average molecular weight is 549 g/mol. The molecule has 3 amide bonds. The fourth-order valence-corrected chi connectivity index (χ4v) is 5.93. The third-order valence-electron chi connectivity index (χ3n) is 7.19. The molecule has 0 atom stereocenters. The van der Waals surface area contributed by atoms with Gasteiger partial charge in [-0.3, -0.25) is 14.4 Å². The van der Waals surface area contributed by atoms with Crippen LogP contribution in [-0.2, 0) is 29.1 Å². The third kappa shape index (κ3) is 4.46. The van der Waals surface area contributed by atoms with Gasteiger partial charge in [0, 0.05) is 42.2 Å². The summed E-state index contributed by atoms with van der Waals surface area (Å²) in [6, 6.07) is 10.1. The van der Waals surface area contributed by atoms with Crippen LogP contribution in [0.1, 0.15) is 32.6 Å². The molecule has 3 aromatic rings. The van der Waals surface area contributed by atoms with Gasteiger partial charge in [-0.05, 0) is 60.7 Å². The molecular weight excluding hydrogens is 520 g/mol. The fraction of sp³-hybridized carbons (Fsp3) is 0.321. The standard InChI is InChI=1S/C28H29BrN4O3/c1-4-26(35)32-13-21(14-32)30-25(34)16-33-15-24(23-11-20(29)10-18(3)27(23)33)28(36)31-9-8-22-17(2)6-5-7-19(22)12-31/h4-7,10-11,15,21H,1,8-9,12-14,16H2,2-3H3,(H,30,34). The van der Waals surface area contributed by atoms with E-state index in [1.165, 1.54) is 22.8 Å². The Balaban J connectivity index is 1.38. The number of nitrogens with one attached hydrogen (secondary N) is 1. The molecular formula is C28H29BrN4O3. The number of rotatable bonds is 5. The van der Waals surface area contributed by atoms with Crippen molar-refractivity contribution in [2.24, 2.45) is 0 Å². The summed E-state index contributed by atoms with van der Waals surface area (Å²) in [7, 11) is 0. The summed E-state index contributed by atoms with van der Waals surface area (Å²) in [6.45, 7) is 9.91. The van der Waals surface area contributed by atoms with Crippen molar-refractivity contribution in [3.05, 3.63) is 81.5 Å². The van der Waals surface area contributed by atoms with Gasteiger partial charge in [0.15, 0.2) is 0 Å². The van der Waals surface area contributed by atoms with Crippen molar-refractivity contribution >= 4 is 44.6 Å². The van der Waals surface area contributed by atoms with Crippen LogP contribution in [0.5, 0.6) is 0 Å². The Morgan fingerprint density at radius 1 is 1.14 bits per heavy atom. The first-order valence-corrected chi connectivity index (χ1v) is 12.9. The van der Waals surface area contributed by atoms with E-state index in [4.69, 9.17) is 0 Å². The van der Waals surface area contributed by atoms with Crippen LogP contribution in [0, 0.1) is 13.8 Å². The highest BCUT2D eigenvalue weighted by Gasteiger charge is 2.31. The van der Waals surface area contributed by atoms with Gasteiger partial charge in [0.25, 0.3) is 5.91 Å². The molecule has 0 bridgehead atoms. The maximum atomic E-state index is 13.7. The quantitative estimate of drug-likeness (QED) is 0.493. The average Bonchev–Trinajstić information content (AvgIpc) is 3.18. The molecule has 36 heavy (non-hydrogen) atoms. The topological polar surface area (TPSA) is 74.6 Å². The van der Waals surface area contributed by atoms with E-state index in [1.807, 2.05) is 40.8 Å². The number of hydrogen-bond acceptors (Lipinski definition) is 3. The lowest BCUT2D eigenvalue weighted by Gasteiger charge is -2.38. The van der Waals surface area contributed by atoms with E-state index in [2.05, 4.69) is 46.9 Å². The van der Waals surface area contributed by atoms with E-state index in [1.54, 1.807) is 4.90 Å². The molecule has 1 saturated heterocycles. The lowest BCUT2D eigenvalue weighted by Crippen LogP contribution is -2.61. The van der Waals surface area contributed by atoms with Crippen LogP contribution in [-0.4, -0.2) is 57.8 Å². The number of aryl methyl sites for hydroxylation is 2. The normalized spacial score (nSPS) is 15.4. The number of benzene rings is 2. The molecule has 0 unspecified atom stereocenters. The lowest BCUT2D eigenvalue weighted by atomic mass is 9.95. The molecule has 3 heterocycles. The van der Waals surface area contributed by atoms with E-state index in [0.29, 0.717) is 31.7 Å². The SMILES string of the molecule is C=CC(=O)N1CC(NC(=O)Cn2cc(C(=O)N3CCc4c(C)cccc4C3)c3cc(Br)cc(C)c32)C1. The van der Waals surface area contributed by atoms with E-state index < -0.39 is 0 Å². The van der Waals surface area contributed by atoms with Crippen molar-refractivity contribution in [3.8, 4) is 0 Å². The fourth-order valence-electron chi connectivity index (χ4n) is 5.36. The minimum Gasteiger partial charge on any atom is -0.348 e. The van der Waals surface area contributed by atoms with Crippen LogP contribution in [0.4, 0.5) is 0 Å². The van der Waals surface area contributed by atoms with Crippen LogP contribution >= 0.6 is 15.9 Å². The first kappa shape index (κ1) is 24.3. The number of nitrogens with zero attached hydrogens (tertiary/aromatic N) is 3. The van der Waals surface area contributed by atoms with Crippen molar-refractivity contribution in [1.82, 2.24) is 19.7 Å². The Labute approximate surface area is 218 Å². The second-order valence-corrected chi connectivity index (χ2v) is 10.6. The number of carbonyl (C=O) groups excluding carboxylic acids is 3. The van der Waals surface area contributed by atoms with Gasteiger partial charge in [-0.2, -0.15) is 0 Å². The molecule has 0 spiro atoms. The van der Waals surface area contributed by atoms with Gasteiger partial charge in [0.2, 0.25) is 11.8 Å². The van der Waals surface area contributed by atoms with Gasteiger partial charge in [0.05, 0.1) is 17.1 Å². The molecule has 2 aliphatic rings. The summed E-state index contributed by atoms with van der Waals surface area (Å²) < 4.78 is 2.76. The van der Waals surface area contributed by atoms with Gasteiger partial charge in [-0.1, -0.05) is 40.7 Å². The second kappa shape index (κ2) is 9.58. The number of hydrogen-bond donors (Lipinski definition) is 1. The van der Waals surface area contributed by atoms with Crippen LogP contribution in [0.2, 0.25) is 0 Å². The second-order valence-electron chi connectivity index (χ2n) is 9.69. The molecule has 1 N–H and O–H groups in total. The highest BCUT2D eigenvalue weighted by Crippen LogP contribution is 2.31. The van der Waals surface area contributed by atoms with Crippen molar-refractivity contribution < 1.29 is 14.4 Å². The van der Waals surface area contributed by atoms with E-state index in [9.17, 15) is 14.4 Å². The molecule has 7 nitrogen and oxygen atoms in total. The number of halogens is 1. The summed E-state index contributed by atoms with van der Waals surface area (Å²) in [5.74, 6) is -0.301. The minimum atomic E-state index is -0.147. The zero-order valence-corrected chi connectivity index (χ0v) is 22.1. The van der Waals surface area contributed by atoms with Crippen molar-refractivity contribution in [2.75, 3.05) is 19.6 Å². The van der Waals surface area contributed by atoms with Gasteiger partial charge in [0.1, 0.15) is 6.54 Å². The number of fused-ring (bicyclic) bond motifs is 2. The van der Waals surface area contributed by atoms with Crippen molar-refractivity contribution in [2.45, 2.75) is 39.4 Å². The zero-order valence-electron chi connectivity index (χ0n) is 20.5. The summed E-state index contributed by atoms with van der Waals surface area (Å²) in [4.78, 5) is 41.8. The van der Waals surface area contributed by atoms with Crippen LogP contribution in [0.25, 0.3) is 10.9 Å². The molecule has 2 aromatic carbocycles. The van der Waals surface area contributed by atoms with E-state index in [-0.39, 0.29) is 30.3 Å². The van der Waals surface area contributed by atoms with Gasteiger partial charge in [-0.15, -0.1) is 0 Å². The smallest absolute Gasteiger partial charge is 0.256 e. The summed E-state index contributed by atoms with van der Waals surface area (Å²) in [5.41, 5.74) is 6.26. The van der Waals surface area contributed by atoms with Gasteiger partial charge in [-0.25, -0.2) is 0 Å². The highest BCUT2D eigenvalue weighted by molar-refractivity contribution is 9.10. The maximum absolute atomic E-state index is 13.7. The predicted octanol–water partition coefficient (Wildman–Crippen LogP) is 3.73. The molecule has 186 valence electrons. The number of aromatic nitrogens is 1. The molecule has 0 saturated carbocycles. The van der Waals surface area contributed by atoms with Gasteiger partial charge >= 0.3 is 0 Å². The summed E-state index contributed by atoms with van der Waals surface area (Å²) >= 11 is 3.57. The zero-order chi connectivity index (χ0) is 25.6. The molecule has 0 aliphatic carbocycles.